The second-order valence-corrected chi connectivity index (χ2v) is 6.43. The molecule has 1 heterocycles. The van der Waals surface area contributed by atoms with Gasteiger partial charge in [0.05, 0.1) is 6.54 Å². The van der Waals surface area contributed by atoms with E-state index in [0.29, 0.717) is 17.3 Å². The number of hydrogen-bond acceptors (Lipinski definition) is 3. The fourth-order valence-electron chi connectivity index (χ4n) is 2.51. The molecule has 134 valence electrons. The highest BCUT2D eigenvalue weighted by Gasteiger charge is 2.06. The number of nitrogens with one attached hydrogen (secondary N) is 1. The number of aromatic nitrogens is 2. The van der Waals surface area contributed by atoms with Crippen molar-refractivity contribution in [2.45, 2.75) is 20.0 Å². The van der Waals surface area contributed by atoms with Gasteiger partial charge >= 0.3 is 0 Å². The summed E-state index contributed by atoms with van der Waals surface area (Å²) < 4.78 is 7.41. The van der Waals surface area contributed by atoms with Gasteiger partial charge in [0.1, 0.15) is 5.75 Å². The molecule has 0 aliphatic heterocycles. The van der Waals surface area contributed by atoms with Gasteiger partial charge in [-0.05, 0) is 47.9 Å². The van der Waals surface area contributed by atoms with Gasteiger partial charge in [-0.15, -0.1) is 0 Å². The molecule has 0 saturated heterocycles. The van der Waals surface area contributed by atoms with Gasteiger partial charge in [-0.3, -0.25) is 9.48 Å². The standard InChI is InChI=1S/C20H20ClN3O2/c1-15-11-18(21)7-8-19(15)26-14-20(25)22-12-16-3-5-17(6-4-16)13-24-10-2-9-23-24/h2-11H,12-14H2,1H3,(H,22,25). The third-order valence-corrected chi connectivity index (χ3v) is 4.15. The number of nitrogens with zero attached hydrogens (tertiary/aromatic N) is 2. The highest BCUT2D eigenvalue weighted by Crippen LogP contribution is 2.21. The molecule has 26 heavy (non-hydrogen) atoms. The lowest BCUT2D eigenvalue weighted by molar-refractivity contribution is -0.123. The van der Waals surface area contributed by atoms with Crippen LogP contribution in [0.4, 0.5) is 0 Å². The molecule has 3 aromatic rings. The normalized spacial score (nSPS) is 10.5. The third kappa shape index (κ3) is 5.10. The van der Waals surface area contributed by atoms with Gasteiger partial charge < -0.3 is 10.1 Å². The van der Waals surface area contributed by atoms with Crippen molar-refractivity contribution in [3.63, 3.8) is 0 Å². The second-order valence-electron chi connectivity index (χ2n) is 6.00. The average molecular weight is 370 g/mol. The maximum absolute atomic E-state index is 12.0. The lowest BCUT2D eigenvalue weighted by Crippen LogP contribution is -2.28. The van der Waals surface area contributed by atoms with Crippen molar-refractivity contribution >= 4 is 17.5 Å². The van der Waals surface area contributed by atoms with E-state index < -0.39 is 0 Å². The summed E-state index contributed by atoms with van der Waals surface area (Å²) in [5.41, 5.74) is 3.09. The van der Waals surface area contributed by atoms with Gasteiger partial charge in [0.2, 0.25) is 0 Å². The van der Waals surface area contributed by atoms with Crippen LogP contribution in [0.1, 0.15) is 16.7 Å². The van der Waals surface area contributed by atoms with Crippen LogP contribution in [0.2, 0.25) is 5.02 Å². The first kappa shape index (κ1) is 18.0. The van der Waals surface area contributed by atoms with Crippen LogP contribution < -0.4 is 10.1 Å². The van der Waals surface area contributed by atoms with Crippen molar-refractivity contribution in [1.82, 2.24) is 15.1 Å². The van der Waals surface area contributed by atoms with Gasteiger partial charge in [-0.1, -0.05) is 35.9 Å². The Morgan fingerprint density at radius 1 is 1.19 bits per heavy atom. The van der Waals surface area contributed by atoms with Crippen LogP contribution in [-0.4, -0.2) is 22.3 Å². The molecular weight excluding hydrogens is 350 g/mol. The molecule has 1 amide bonds. The Balaban J connectivity index is 1.45. The molecule has 0 aliphatic rings. The predicted octanol–water partition coefficient (Wildman–Crippen LogP) is 3.59. The minimum Gasteiger partial charge on any atom is -0.484 e. The topological polar surface area (TPSA) is 56.1 Å². The quantitative estimate of drug-likeness (QED) is 0.692. The number of carbonyl (C=O) groups is 1. The molecule has 0 fully saturated rings. The van der Waals surface area contributed by atoms with Crippen LogP contribution in [0, 0.1) is 6.92 Å². The summed E-state index contributed by atoms with van der Waals surface area (Å²) in [5.74, 6) is 0.493. The molecular formula is C20H20ClN3O2. The monoisotopic (exact) mass is 369 g/mol. The molecule has 0 atom stereocenters. The number of amides is 1. The van der Waals surface area contributed by atoms with E-state index in [4.69, 9.17) is 16.3 Å². The van der Waals surface area contributed by atoms with Crippen molar-refractivity contribution in [1.29, 1.82) is 0 Å². The van der Waals surface area contributed by atoms with E-state index in [9.17, 15) is 4.79 Å². The van der Waals surface area contributed by atoms with Crippen LogP contribution in [0.15, 0.2) is 60.9 Å². The summed E-state index contributed by atoms with van der Waals surface area (Å²) >= 11 is 5.91. The molecule has 2 aromatic carbocycles. The zero-order valence-electron chi connectivity index (χ0n) is 14.5. The summed E-state index contributed by atoms with van der Waals surface area (Å²) in [5, 5.41) is 7.69. The molecule has 0 aliphatic carbocycles. The average Bonchev–Trinajstić information content (AvgIpc) is 3.13. The molecule has 0 bridgehead atoms. The number of ether oxygens (including phenoxy) is 1. The summed E-state index contributed by atoms with van der Waals surface area (Å²) in [6.07, 6.45) is 3.69. The van der Waals surface area contributed by atoms with Gasteiger partial charge in [-0.2, -0.15) is 5.10 Å². The minimum absolute atomic E-state index is 0.0279. The zero-order valence-corrected chi connectivity index (χ0v) is 15.2. The van der Waals surface area contributed by atoms with E-state index in [1.165, 1.54) is 0 Å². The Labute approximate surface area is 157 Å². The molecule has 6 heteroatoms. The fraction of sp³-hybridized carbons (Fsp3) is 0.200. The third-order valence-electron chi connectivity index (χ3n) is 3.91. The Kier molecular flexibility index (Phi) is 5.92. The molecule has 1 N–H and O–H groups in total. The van der Waals surface area contributed by atoms with Crippen LogP contribution in [0.3, 0.4) is 0 Å². The SMILES string of the molecule is Cc1cc(Cl)ccc1OCC(=O)NCc1ccc(Cn2cccn2)cc1. The first-order chi connectivity index (χ1) is 12.6. The van der Waals surface area contributed by atoms with Crippen LogP contribution >= 0.6 is 11.6 Å². The van der Waals surface area contributed by atoms with Crippen molar-refractivity contribution in [3.8, 4) is 5.75 Å². The Bertz CT molecular complexity index is 861. The minimum atomic E-state index is -0.167. The molecule has 0 unspecified atom stereocenters. The number of aryl methyl sites for hydroxylation is 1. The highest BCUT2D eigenvalue weighted by atomic mass is 35.5. The highest BCUT2D eigenvalue weighted by molar-refractivity contribution is 6.30. The second kappa shape index (κ2) is 8.54. The summed E-state index contributed by atoms with van der Waals surface area (Å²) in [6, 6.07) is 15.3. The van der Waals surface area contributed by atoms with Crippen molar-refractivity contribution in [2.24, 2.45) is 0 Å². The smallest absolute Gasteiger partial charge is 0.258 e. The van der Waals surface area contributed by atoms with Gasteiger partial charge in [0, 0.05) is 24.0 Å². The van der Waals surface area contributed by atoms with Crippen molar-refractivity contribution in [2.75, 3.05) is 6.61 Å². The first-order valence-electron chi connectivity index (χ1n) is 8.31. The van der Waals surface area contributed by atoms with Gasteiger partial charge in [0.15, 0.2) is 6.61 Å². The molecule has 1 aromatic heterocycles. The number of halogens is 1. The van der Waals surface area contributed by atoms with Crippen molar-refractivity contribution < 1.29 is 9.53 Å². The molecule has 0 spiro atoms. The molecule has 0 saturated carbocycles. The first-order valence-corrected chi connectivity index (χ1v) is 8.69. The summed E-state index contributed by atoms with van der Waals surface area (Å²) in [7, 11) is 0. The van der Waals surface area contributed by atoms with Gasteiger partial charge in [-0.25, -0.2) is 0 Å². The lowest BCUT2D eigenvalue weighted by Gasteiger charge is -2.10. The van der Waals surface area contributed by atoms with E-state index >= 15 is 0 Å². The molecule has 3 rings (SSSR count). The molecule has 5 nitrogen and oxygen atoms in total. The van der Waals surface area contributed by atoms with Crippen LogP contribution in [0.5, 0.6) is 5.75 Å². The Hall–Kier alpha value is -2.79. The van der Waals surface area contributed by atoms with Crippen LogP contribution in [0.25, 0.3) is 0 Å². The lowest BCUT2D eigenvalue weighted by atomic mass is 10.1. The van der Waals surface area contributed by atoms with Crippen molar-refractivity contribution in [3.05, 3.63) is 82.6 Å². The van der Waals surface area contributed by atoms with E-state index in [-0.39, 0.29) is 12.5 Å². The van der Waals surface area contributed by atoms with Crippen LogP contribution in [-0.2, 0) is 17.9 Å². The number of benzene rings is 2. The van der Waals surface area contributed by atoms with E-state index in [1.807, 2.05) is 48.1 Å². The van der Waals surface area contributed by atoms with Gasteiger partial charge in [0.25, 0.3) is 5.91 Å². The zero-order chi connectivity index (χ0) is 18.4. The van der Waals surface area contributed by atoms with E-state index in [1.54, 1.807) is 24.4 Å². The van der Waals surface area contributed by atoms with E-state index in [0.717, 1.165) is 23.2 Å². The Morgan fingerprint density at radius 3 is 2.65 bits per heavy atom. The molecule has 0 radical (unpaired) electrons. The fourth-order valence-corrected chi connectivity index (χ4v) is 2.74. The number of carbonyl (C=O) groups excluding carboxylic acids is 1. The summed E-state index contributed by atoms with van der Waals surface area (Å²) in [4.78, 5) is 12.0. The Morgan fingerprint density at radius 2 is 1.96 bits per heavy atom. The summed E-state index contributed by atoms with van der Waals surface area (Å²) in [6.45, 7) is 3.06. The van der Waals surface area contributed by atoms with E-state index in [2.05, 4.69) is 10.4 Å². The maximum Gasteiger partial charge on any atom is 0.258 e. The number of rotatable bonds is 7. The predicted molar refractivity (Wildman–Crippen MR) is 101 cm³/mol. The largest absolute Gasteiger partial charge is 0.484 e. The number of hydrogen-bond donors (Lipinski definition) is 1. The maximum atomic E-state index is 12.0.